The molecule has 1 saturated carbocycles. The lowest BCUT2D eigenvalue weighted by molar-refractivity contribution is -0.152. The van der Waals surface area contributed by atoms with Crippen molar-refractivity contribution in [3.05, 3.63) is 23.8 Å². The third kappa shape index (κ3) is 4.10. The van der Waals surface area contributed by atoms with Gasteiger partial charge in [0.05, 0.1) is 18.7 Å². The lowest BCUT2D eigenvalue weighted by Gasteiger charge is -2.20. The van der Waals surface area contributed by atoms with E-state index >= 15 is 0 Å². The summed E-state index contributed by atoms with van der Waals surface area (Å²) in [6.45, 7) is 1.85. The summed E-state index contributed by atoms with van der Waals surface area (Å²) >= 11 is 0. The molecule has 1 aromatic carbocycles. The highest BCUT2D eigenvalue weighted by atomic mass is 16.5. The molecule has 2 fully saturated rings. The SMILES string of the molecule is COc1ccc(C)cc1N1C[C@@H](C(=O)OCC(=O)NC2CC2)CC1=O. The third-order valence-corrected chi connectivity index (χ3v) is 4.37. The molecule has 0 unspecified atom stereocenters. The predicted octanol–water partition coefficient (Wildman–Crippen LogP) is 1.18. The number of carbonyl (C=O) groups excluding carboxylic acids is 3. The number of ether oxygens (including phenoxy) is 2. The molecule has 2 aliphatic rings. The number of aryl methyl sites for hydroxylation is 1. The number of anilines is 1. The Bertz CT molecular complexity index is 699. The number of hydrogen-bond donors (Lipinski definition) is 1. The molecule has 0 spiro atoms. The van der Waals surface area contributed by atoms with E-state index in [0.717, 1.165) is 18.4 Å². The van der Waals surface area contributed by atoms with Crippen LogP contribution in [-0.4, -0.2) is 44.1 Å². The molecule has 7 heteroatoms. The maximum Gasteiger partial charge on any atom is 0.311 e. The first-order valence-corrected chi connectivity index (χ1v) is 8.39. The van der Waals surface area contributed by atoms with Crippen LogP contribution in [0.3, 0.4) is 0 Å². The Kier molecular flexibility index (Phi) is 4.92. The first-order chi connectivity index (χ1) is 12.0. The van der Waals surface area contributed by atoms with Gasteiger partial charge < -0.3 is 19.7 Å². The summed E-state index contributed by atoms with van der Waals surface area (Å²) in [5, 5.41) is 2.75. The zero-order valence-electron chi connectivity index (χ0n) is 14.4. The second-order valence-corrected chi connectivity index (χ2v) is 6.53. The maximum absolute atomic E-state index is 12.3. The Morgan fingerprint density at radius 2 is 2.08 bits per heavy atom. The summed E-state index contributed by atoms with van der Waals surface area (Å²) in [5.74, 6) is -0.970. The maximum atomic E-state index is 12.3. The predicted molar refractivity (Wildman–Crippen MR) is 90.3 cm³/mol. The van der Waals surface area contributed by atoms with E-state index < -0.39 is 11.9 Å². The van der Waals surface area contributed by atoms with E-state index in [9.17, 15) is 14.4 Å². The normalized spacial score (nSPS) is 19.7. The molecule has 2 amide bonds. The van der Waals surface area contributed by atoms with Gasteiger partial charge in [0.1, 0.15) is 5.75 Å². The number of nitrogens with zero attached hydrogens (tertiary/aromatic N) is 1. The quantitative estimate of drug-likeness (QED) is 0.782. The Morgan fingerprint density at radius 1 is 1.32 bits per heavy atom. The van der Waals surface area contributed by atoms with Crippen molar-refractivity contribution in [3.8, 4) is 5.75 Å². The molecular weight excluding hydrogens is 324 g/mol. The number of rotatable bonds is 6. The fourth-order valence-corrected chi connectivity index (χ4v) is 2.86. The molecule has 1 N–H and O–H groups in total. The molecule has 1 aromatic rings. The monoisotopic (exact) mass is 346 g/mol. The van der Waals surface area contributed by atoms with Crippen molar-refractivity contribution in [2.24, 2.45) is 5.92 Å². The van der Waals surface area contributed by atoms with Gasteiger partial charge in [-0.3, -0.25) is 14.4 Å². The second kappa shape index (κ2) is 7.13. The average Bonchev–Trinajstić information content (AvgIpc) is 3.31. The van der Waals surface area contributed by atoms with Crippen LogP contribution < -0.4 is 15.0 Å². The lowest BCUT2D eigenvalue weighted by atomic mass is 10.1. The first kappa shape index (κ1) is 17.3. The minimum Gasteiger partial charge on any atom is -0.495 e. The van der Waals surface area contributed by atoms with Gasteiger partial charge in [0.25, 0.3) is 5.91 Å². The third-order valence-electron chi connectivity index (χ3n) is 4.37. The van der Waals surface area contributed by atoms with E-state index in [4.69, 9.17) is 9.47 Å². The molecule has 7 nitrogen and oxygen atoms in total. The molecule has 1 atom stereocenters. The highest BCUT2D eigenvalue weighted by Crippen LogP contribution is 2.34. The second-order valence-electron chi connectivity index (χ2n) is 6.53. The number of hydrogen-bond acceptors (Lipinski definition) is 5. The van der Waals surface area contributed by atoms with Crippen LogP contribution in [0.1, 0.15) is 24.8 Å². The highest BCUT2D eigenvalue weighted by Gasteiger charge is 2.37. The average molecular weight is 346 g/mol. The van der Waals surface area contributed by atoms with E-state index in [1.165, 1.54) is 0 Å². The Morgan fingerprint density at radius 3 is 2.76 bits per heavy atom. The van der Waals surface area contributed by atoms with Gasteiger partial charge in [0.2, 0.25) is 5.91 Å². The van der Waals surface area contributed by atoms with Gasteiger partial charge in [-0.05, 0) is 37.5 Å². The topological polar surface area (TPSA) is 84.9 Å². The number of carbonyl (C=O) groups is 3. The first-order valence-electron chi connectivity index (χ1n) is 8.39. The van der Waals surface area contributed by atoms with Gasteiger partial charge in [-0.2, -0.15) is 0 Å². The summed E-state index contributed by atoms with van der Waals surface area (Å²) in [6.07, 6.45) is 2.02. The van der Waals surface area contributed by atoms with Crippen molar-refractivity contribution in [1.82, 2.24) is 5.32 Å². The van der Waals surface area contributed by atoms with Crippen LogP contribution in [0.15, 0.2) is 18.2 Å². The minimum absolute atomic E-state index is 0.0696. The van der Waals surface area contributed by atoms with E-state index in [0.29, 0.717) is 11.4 Å². The number of esters is 1. The largest absolute Gasteiger partial charge is 0.495 e. The van der Waals surface area contributed by atoms with Gasteiger partial charge >= 0.3 is 5.97 Å². The van der Waals surface area contributed by atoms with Crippen LogP contribution in [0.5, 0.6) is 5.75 Å². The van der Waals surface area contributed by atoms with Crippen molar-refractivity contribution in [1.29, 1.82) is 0 Å². The van der Waals surface area contributed by atoms with Gasteiger partial charge in [-0.25, -0.2) is 0 Å². The van der Waals surface area contributed by atoms with Gasteiger partial charge in [-0.15, -0.1) is 0 Å². The van der Waals surface area contributed by atoms with Crippen molar-refractivity contribution >= 4 is 23.5 Å². The fraction of sp³-hybridized carbons (Fsp3) is 0.500. The van der Waals surface area contributed by atoms with Crippen LogP contribution >= 0.6 is 0 Å². The lowest BCUT2D eigenvalue weighted by Crippen LogP contribution is -2.32. The van der Waals surface area contributed by atoms with Crippen LogP contribution in [0.25, 0.3) is 0 Å². The molecule has 1 saturated heterocycles. The number of benzene rings is 1. The number of amides is 2. The number of nitrogens with one attached hydrogen (secondary N) is 1. The van der Waals surface area contributed by atoms with Gasteiger partial charge in [-0.1, -0.05) is 6.07 Å². The molecule has 25 heavy (non-hydrogen) atoms. The Hall–Kier alpha value is -2.57. The van der Waals surface area contributed by atoms with E-state index in [-0.39, 0.29) is 37.4 Å². The van der Waals surface area contributed by atoms with E-state index in [1.807, 2.05) is 19.1 Å². The van der Waals surface area contributed by atoms with E-state index in [2.05, 4.69) is 5.32 Å². The standard InChI is InChI=1S/C18H22N2O5/c1-11-3-6-15(24-2)14(7-11)20-9-12(8-17(20)22)18(23)25-10-16(21)19-13-4-5-13/h3,6-7,12-13H,4-5,8-10H2,1-2H3,(H,19,21)/t12-/m0/s1. The molecule has 1 aliphatic carbocycles. The Balaban J connectivity index is 1.60. The van der Waals surface area contributed by atoms with Gasteiger partial charge in [0, 0.05) is 19.0 Å². The molecule has 0 aromatic heterocycles. The smallest absolute Gasteiger partial charge is 0.311 e. The summed E-state index contributed by atoms with van der Waals surface area (Å²) in [4.78, 5) is 37.7. The Labute approximate surface area is 146 Å². The molecular formula is C18H22N2O5. The minimum atomic E-state index is -0.577. The summed E-state index contributed by atoms with van der Waals surface area (Å²) in [6, 6.07) is 5.77. The van der Waals surface area contributed by atoms with Crippen molar-refractivity contribution in [3.63, 3.8) is 0 Å². The van der Waals surface area contributed by atoms with Crippen LogP contribution in [0, 0.1) is 12.8 Å². The zero-order chi connectivity index (χ0) is 18.0. The van der Waals surface area contributed by atoms with Crippen LogP contribution in [0.2, 0.25) is 0 Å². The molecule has 1 aliphatic heterocycles. The summed E-state index contributed by atoms with van der Waals surface area (Å²) < 4.78 is 10.4. The zero-order valence-corrected chi connectivity index (χ0v) is 14.4. The highest BCUT2D eigenvalue weighted by molar-refractivity contribution is 6.00. The number of methoxy groups -OCH3 is 1. The van der Waals surface area contributed by atoms with Crippen LogP contribution in [-0.2, 0) is 19.1 Å². The van der Waals surface area contributed by atoms with Gasteiger partial charge in [0.15, 0.2) is 6.61 Å². The van der Waals surface area contributed by atoms with Crippen LogP contribution in [0.4, 0.5) is 5.69 Å². The van der Waals surface area contributed by atoms with Crippen molar-refractivity contribution < 1.29 is 23.9 Å². The molecule has 134 valence electrons. The summed E-state index contributed by atoms with van der Waals surface area (Å²) in [5.41, 5.74) is 1.64. The van der Waals surface area contributed by atoms with E-state index in [1.54, 1.807) is 18.1 Å². The summed E-state index contributed by atoms with van der Waals surface area (Å²) in [7, 11) is 1.54. The molecule has 0 radical (unpaired) electrons. The fourth-order valence-electron chi connectivity index (χ4n) is 2.86. The van der Waals surface area contributed by atoms with Crippen molar-refractivity contribution in [2.75, 3.05) is 25.2 Å². The molecule has 1 heterocycles. The molecule has 0 bridgehead atoms. The molecule has 3 rings (SSSR count). The van der Waals surface area contributed by atoms with Crippen molar-refractivity contribution in [2.45, 2.75) is 32.2 Å².